The normalized spacial score (nSPS) is 14.6. The van der Waals surface area contributed by atoms with E-state index in [1.807, 2.05) is 31.2 Å². The van der Waals surface area contributed by atoms with E-state index in [-0.39, 0.29) is 11.8 Å². The van der Waals surface area contributed by atoms with Crippen LogP contribution in [0.5, 0.6) is 0 Å². The highest BCUT2D eigenvalue weighted by Crippen LogP contribution is 2.20. The fourth-order valence-corrected chi connectivity index (χ4v) is 1.93. The molecule has 0 radical (unpaired) electrons. The predicted molar refractivity (Wildman–Crippen MR) is 61.0 cm³/mol. The molecule has 0 bridgehead atoms. The number of rotatable bonds is 4. The average molecular weight is 225 g/mol. The maximum atomic E-state index is 11.1. The lowest BCUT2D eigenvalue weighted by Gasteiger charge is -2.10. The SMILES string of the molecule is CC(CC(N)=O)c1ccc([S+](C)[O-])cc1. The largest absolute Gasteiger partial charge is 0.612 e. The summed E-state index contributed by atoms with van der Waals surface area (Å²) in [5.41, 5.74) is 6.17. The smallest absolute Gasteiger partial charge is 0.218 e. The number of carbonyl (C=O) groups excluding carboxylic acids is 1. The second-order valence-electron chi connectivity index (χ2n) is 3.59. The lowest BCUT2D eigenvalue weighted by atomic mass is 9.98. The fraction of sp³-hybridized carbons (Fsp3) is 0.364. The zero-order valence-electron chi connectivity index (χ0n) is 8.90. The third-order valence-electron chi connectivity index (χ3n) is 2.29. The van der Waals surface area contributed by atoms with Crippen molar-refractivity contribution in [2.75, 3.05) is 6.26 Å². The molecule has 0 aliphatic carbocycles. The highest BCUT2D eigenvalue weighted by atomic mass is 32.2. The molecule has 1 aromatic rings. The molecule has 2 atom stereocenters. The Morgan fingerprint density at radius 2 is 2.00 bits per heavy atom. The standard InChI is InChI=1S/C11H15NO2S/c1-8(7-11(12)13)9-3-5-10(6-4-9)15(2)14/h3-6,8H,7H2,1-2H3,(H2,12,13). The fourth-order valence-electron chi connectivity index (χ4n) is 1.41. The van der Waals surface area contributed by atoms with E-state index in [9.17, 15) is 9.35 Å². The molecule has 3 nitrogen and oxygen atoms in total. The lowest BCUT2D eigenvalue weighted by Crippen LogP contribution is -2.13. The first kappa shape index (κ1) is 12.1. The van der Waals surface area contributed by atoms with Crippen molar-refractivity contribution >= 4 is 17.1 Å². The van der Waals surface area contributed by atoms with Gasteiger partial charge in [-0.05, 0) is 34.8 Å². The van der Waals surface area contributed by atoms with Crippen molar-refractivity contribution in [1.82, 2.24) is 0 Å². The number of primary amides is 1. The van der Waals surface area contributed by atoms with Crippen molar-refractivity contribution in [2.24, 2.45) is 5.73 Å². The summed E-state index contributed by atoms with van der Waals surface area (Å²) in [6.07, 6.45) is 1.98. The Morgan fingerprint density at radius 3 is 2.40 bits per heavy atom. The molecule has 0 spiro atoms. The lowest BCUT2D eigenvalue weighted by molar-refractivity contribution is -0.118. The zero-order valence-corrected chi connectivity index (χ0v) is 9.71. The summed E-state index contributed by atoms with van der Waals surface area (Å²) in [6.45, 7) is 1.95. The van der Waals surface area contributed by atoms with E-state index in [1.54, 1.807) is 6.26 Å². The molecule has 82 valence electrons. The maximum Gasteiger partial charge on any atom is 0.218 e. The third-order valence-corrected chi connectivity index (χ3v) is 3.22. The number of benzene rings is 1. The van der Waals surface area contributed by atoms with E-state index < -0.39 is 11.2 Å². The molecular weight excluding hydrogens is 210 g/mol. The molecule has 1 amide bonds. The van der Waals surface area contributed by atoms with E-state index in [0.717, 1.165) is 10.5 Å². The molecule has 1 aromatic carbocycles. The average Bonchev–Trinajstić information content (AvgIpc) is 2.17. The Morgan fingerprint density at radius 1 is 1.47 bits per heavy atom. The Kier molecular flexibility index (Phi) is 4.17. The van der Waals surface area contributed by atoms with Crippen molar-refractivity contribution in [1.29, 1.82) is 0 Å². The molecule has 15 heavy (non-hydrogen) atoms. The summed E-state index contributed by atoms with van der Waals surface area (Å²) in [7, 11) is 0. The topological polar surface area (TPSA) is 66.2 Å². The minimum atomic E-state index is -0.953. The van der Waals surface area contributed by atoms with E-state index in [0.29, 0.717) is 6.42 Å². The molecule has 0 heterocycles. The van der Waals surface area contributed by atoms with Crippen LogP contribution in [-0.2, 0) is 16.0 Å². The van der Waals surface area contributed by atoms with Crippen LogP contribution >= 0.6 is 0 Å². The molecular formula is C11H15NO2S. The van der Waals surface area contributed by atoms with Crippen LogP contribution in [0.15, 0.2) is 29.2 Å². The Hall–Kier alpha value is -1.00. The Labute approximate surface area is 92.9 Å². The van der Waals surface area contributed by atoms with Crippen molar-refractivity contribution in [2.45, 2.75) is 24.2 Å². The summed E-state index contributed by atoms with van der Waals surface area (Å²) in [5.74, 6) is -0.188. The van der Waals surface area contributed by atoms with Gasteiger partial charge in [0.1, 0.15) is 6.26 Å². The summed E-state index contributed by atoms with van der Waals surface area (Å²) in [6, 6.07) is 7.43. The van der Waals surface area contributed by atoms with Crippen LogP contribution in [0.25, 0.3) is 0 Å². The van der Waals surface area contributed by atoms with Gasteiger partial charge in [0.2, 0.25) is 5.91 Å². The summed E-state index contributed by atoms with van der Waals surface area (Å²) in [4.78, 5) is 11.5. The highest BCUT2D eigenvalue weighted by molar-refractivity contribution is 7.90. The molecule has 0 aromatic heterocycles. The Bertz CT molecular complexity index is 335. The van der Waals surface area contributed by atoms with Crippen LogP contribution in [0.1, 0.15) is 24.8 Å². The number of carbonyl (C=O) groups is 1. The molecule has 2 unspecified atom stereocenters. The van der Waals surface area contributed by atoms with Gasteiger partial charge in [0.05, 0.1) is 0 Å². The van der Waals surface area contributed by atoms with Crippen LogP contribution in [0, 0.1) is 0 Å². The molecule has 0 aliphatic heterocycles. The molecule has 1 rings (SSSR count). The number of hydrogen-bond acceptors (Lipinski definition) is 2. The number of hydrogen-bond donors (Lipinski definition) is 1. The van der Waals surface area contributed by atoms with Gasteiger partial charge in [-0.25, -0.2) is 0 Å². The second-order valence-corrected chi connectivity index (χ2v) is 4.97. The van der Waals surface area contributed by atoms with E-state index in [2.05, 4.69) is 0 Å². The molecule has 0 aliphatic rings. The summed E-state index contributed by atoms with van der Waals surface area (Å²) in [5, 5.41) is 0. The van der Waals surface area contributed by atoms with E-state index in [4.69, 9.17) is 5.73 Å². The number of nitrogens with two attached hydrogens (primary N) is 1. The van der Waals surface area contributed by atoms with Gasteiger partial charge in [-0.3, -0.25) is 4.79 Å². The van der Waals surface area contributed by atoms with Crippen molar-refractivity contribution in [3.63, 3.8) is 0 Å². The van der Waals surface area contributed by atoms with E-state index >= 15 is 0 Å². The molecule has 4 heteroatoms. The quantitative estimate of drug-likeness (QED) is 0.787. The van der Waals surface area contributed by atoms with Gasteiger partial charge in [-0.1, -0.05) is 19.1 Å². The predicted octanol–water partition coefficient (Wildman–Crippen LogP) is 1.40. The minimum absolute atomic E-state index is 0.113. The van der Waals surface area contributed by atoms with Gasteiger partial charge in [0.15, 0.2) is 4.90 Å². The Balaban J connectivity index is 2.75. The van der Waals surface area contributed by atoms with Crippen LogP contribution in [0.2, 0.25) is 0 Å². The van der Waals surface area contributed by atoms with Gasteiger partial charge in [0.25, 0.3) is 0 Å². The first-order valence-corrected chi connectivity index (χ1v) is 6.28. The van der Waals surface area contributed by atoms with Crippen LogP contribution in [-0.4, -0.2) is 16.7 Å². The van der Waals surface area contributed by atoms with Crippen LogP contribution in [0.3, 0.4) is 0 Å². The maximum absolute atomic E-state index is 11.1. The molecule has 0 saturated carbocycles. The first-order chi connectivity index (χ1) is 7.00. The molecule has 0 saturated heterocycles. The summed E-state index contributed by atoms with van der Waals surface area (Å²) >= 11 is -0.953. The van der Waals surface area contributed by atoms with Crippen LogP contribution in [0.4, 0.5) is 0 Å². The van der Waals surface area contributed by atoms with Gasteiger partial charge < -0.3 is 10.3 Å². The minimum Gasteiger partial charge on any atom is -0.612 e. The van der Waals surface area contributed by atoms with Gasteiger partial charge in [-0.15, -0.1) is 0 Å². The summed E-state index contributed by atoms with van der Waals surface area (Å²) < 4.78 is 11.1. The van der Waals surface area contributed by atoms with Crippen molar-refractivity contribution in [3.05, 3.63) is 29.8 Å². The zero-order chi connectivity index (χ0) is 11.4. The van der Waals surface area contributed by atoms with Crippen molar-refractivity contribution < 1.29 is 9.35 Å². The highest BCUT2D eigenvalue weighted by Gasteiger charge is 2.10. The van der Waals surface area contributed by atoms with E-state index in [1.165, 1.54) is 0 Å². The van der Waals surface area contributed by atoms with Crippen molar-refractivity contribution in [3.8, 4) is 0 Å². The monoisotopic (exact) mass is 225 g/mol. The third kappa shape index (κ3) is 3.57. The first-order valence-electron chi connectivity index (χ1n) is 4.72. The van der Waals surface area contributed by atoms with Gasteiger partial charge in [-0.2, -0.15) is 0 Å². The van der Waals surface area contributed by atoms with Gasteiger partial charge in [0, 0.05) is 6.42 Å². The number of amides is 1. The van der Waals surface area contributed by atoms with Gasteiger partial charge >= 0.3 is 0 Å². The molecule has 0 fully saturated rings. The second kappa shape index (κ2) is 5.19. The van der Waals surface area contributed by atoms with Crippen LogP contribution < -0.4 is 5.73 Å². The molecule has 2 N–H and O–H groups in total.